The zero-order valence-electron chi connectivity index (χ0n) is 11.7. The molecule has 0 fully saturated rings. The van der Waals surface area contributed by atoms with E-state index in [1.807, 2.05) is 13.8 Å². The number of aromatic amines is 1. The third-order valence-electron chi connectivity index (χ3n) is 3.54. The van der Waals surface area contributed by atoms with E-state index >= 15 is 0 Å². The summed E-state index contributed by atoms with van der Waals surface area (Å²) in [6.45, 7) is 7.42. The van der Waals surface area contributed by atoms with Gasteiger partial charge < -0.3 is 4.98 Å². The van der Waals surface area contributed by atoms with Gasteiger partial charge in [-0.2, -0.15) is 13.2 Å². The molecule has 0 saturated heterocycles. The third kappa shape index (κ3) is 3.19. The molecule has 0 aliphatic heterocycles. The molecular formula is C14H20F3NO. The van der Waals surface area contributed by atoms with E-state index < -0.39 is 12.1 Å². The largest absolute Gasteiger partial charge is 0.392 e. The van der Waals surface area contributed by atoms with Crippen molar-refractivity contribution in [1.29, 1.82) is 0 Å². The maximum Gasteiger partial charge on any atom is 0.392 e. The average Bonchev–Trinajstić information content (AvgIpc) is 2.37. The van der Waals surface area contributed by atoms with Crippen molar-refractivity contribution in [3.05, 3.63) is 32.7 Å². The molecule has 1 N–H and O–H groups in total. The molecule has 0 saturated carbocycles. The number of nitrogens with one attached hydrogen (secondary N) is 1. The number of halogens is 3. The quantitative estimate of drug-likeness (QED) is 0.769. The second kappa shape index (κ2) is 5.80. The minimum atomic E-state index is -4.17. The van der Waals surface area contributed by atoms with Crippen LogP contribution in [0.2, 0.25) is 0 Å². The first-order valence-corrected chi connectivity index (χ1v) is 6.58. The van der Waals surface area contributed by atoms with Gasteiger partial charge in [0.05, 0.1) is 5.92 Å². The average molecular weight is 275 g/mol. The fraction of sp³-hybridized carbons (Fsp3) is 0.643. The molecule has 1 aliphatic rings. The fourth-order valence-electron chi connectivity index (χ4n) is 2.31. The van der Waals surface area contributed by atoms with Gasteiger partial charge in [-0.05, 0) is 33.1 Å². The van der Waals surface area contributed by atoms with Gasteiger partial charge in [-0.15, -0.1) is 0 Å². The van der Waals surface area contributed by atoms with Crippen molar-refractivity contribution in [1.82, 2.24) is 4.98 Å². The molecular weight excluding hydrogens is 255 g/mol. The lowest BCUT2D eigenvalue weighted by atomic mass is 9.85. The fourth-order valence-corrected chi connectivity index (χ4v) is 2.31. The Labute approximate surface area is 111 Å². The highest BCUT2D eigenvalue weighted by Gasteiger charge is 2.41. The molecule has 0 amide bonds. The van der Waals surface area contributed by atoms with Crippen LogP contribution in [0.4, 0.5) is 13.2 Å². The SMILES string of the molecule is CC.Cc1[nH]c2c(c(=O)c1C)CCC(C(F)(F)F)C2. The molecule has 1 aromatic heterocycles. The van der Waals surface area contributed by atoms with Gasteiger partial charge in [0.2, 0.25) is 0 Å². The molecule has 1 aromatic rings. The summed E-state index contributed by atoms with van der Waals surface area (Å²) in [7, 11) is 0. The zero-order chi connectivity index (χ0) is 14.8. The normalized spacial score (nSPS) is 18.4. The van der Waals surface area contributed by atoms with E-state index in [0.29, 0.717) is 22.5 Å². The van der Waals surface area contributed by atoms with E-state index in [-0.39, 0.29) is 24.7 Å². The number of rotatable bonds is 0. The van der Waals surface area contributed by atoms with Crippen LogP contribution in [0.15, 0.2) is 4.79 Å². The summed E-state index contributed by atoms with van der Waals surface area (Å²) < 4.78 is 37.9. The predicted molar refractivity (Wildman–Crippen MR) is 69.5 cm³/mol. The Morgan fingerprint density at radius 1 is 1.21 bits per heavy atom. The van der Waals surface area contributed by atoms with Crippen molar-refractivity contribution in [3.8, 4) is 0 Å². The summed E-state index contributed by atoms with van der Waals surface area (Å²) in [6.07, 6.45) is -4.04. The molecule has 2 nitrogen and oxygen atoms in total. The van der Waals surface area contributed by atoms with Gasteiger partial charge in [0, 0.05) is 22.5 Å². The topological polar surface area (TPSA) is 32.9 Å². The third-order valence-corrected chi connectivity index (χ3v) is 3.54. The van der Waals surface area contributed by atoms with Gasteiger partial charge in [-0.3, -0.25) is 4.79 Å². The monoisotopic (exact) mass is 275 g/mol. The van der Waals surface area contributed by atoms with Gasteiger partial charge >= 0.3 is 6.18 Å². The van der Waals surface area contributed by atoms with Gasteiger partial charge in [-0.1, -0.05) is 13.8 Å². The summed E-state index contributed by atoms with van der Waals surface area (Å²) >= 11 is 0. The lowest BCUT2D eigenvalue weighted by molar-refractivity contribution is -0.177. The van der Waals surface area contributed by atoms with Crippen molar-refractivity contribution >= 4 is 0 Å². The number of aromatic nitrogens is 1. The molecule has 0 aromatic carbocycles. The lowest BCUT2D eigenvalue weighted by Crippen LogP contribution is -2.32. The maximum atomic E-state index is 12.6. The second-order valence-electron chi connectivity index (χ2n) is 4.64. The van der Waals surface area contributed by atoms with Crippen LogP contribution in [0.5, 0.6) is 0 Å². The number of fused-ring (bicyclic) bond motifs is 1. The Kier molecular flexibility index (Phi) is 4.82. The van der Waals surface area contributed by atoms with Crippen molar-refractivity contribution in [3.63, 3.8) is 0 Å². The van der Waals surface area contributed by atoms with Crippen LogP contribution in [0.1, 0.15) is 42.8 Å². The van der Waals surface area contributed by atoms with E-state index in [9.17, 15) is 18.0 Å². The minimum Gasteiger partial charge on any atom is -0.362 e. The number of alkyl halides is 3. The summed E-state index contributed by atoms with van der Waals surface area (Å²) in [5.41, 5.74) is 2.17. The number of H-pyrrole nitrogens is 1. The zero-order valence-corrected chi connectivity index (χ0v) is 11.7. The smallest absolute Gasteiger partial charge is 0.362 e. The van der Waals surface area contributed by atoms with Crippen LogP contribution in [0.25, 0.3) is 0 Å². The van der Waals surface area contributed by atoms with Gasteiger partial charge in [0.15, 0.2) is 5.43 Å². The van der Waals surface area contributed by atoms with Crippen molar-refractivity contribution in [2.75, 3.05) is 0 Å². The Bertz CT molecular complexity index is 503. The predicted octanol–water partition coefficient (Wildman–Crippen LogP) is 3.69. The van der Waals surface area contributed by atoms with Gasteiger partial charge in [0.25, 0.3) is 0 Å². The van der Waals surface area contributed by atoms with E-state index in [2.05, 4.69) is 4.98 Å². The van der Waals surface area contributed by atoms with Crippen LogP contribution in [0, 0.1) is 19.8 Å². The highest BCUT2D eigenvalue weighted by atomic mass is 19.4. The first-order chi connectivity index (χ1) is 8.80. The van der Waals surface area contributed by atoms with Crippen LogP contribution in [-0.2, 0) is 12.8 Å². The van der Waals surface area contributed by atoms with Crippen molar-refractivity contribution in [2.24, 2.45) is 5.92 Å². The second-order valence-corrected chi connectivity index (χ2v) is 4.64. The van der Waals surface area contributed by atoms with E-state index in [4.69, 9.17) is 0 Å². The molecule has 0 bridgehead atoms. The molecule has 1 heterocycles. The van der Waals surface area contributed by atoms with Crippen LogP contribution < -0.4 is 5.43 Å². The standard InChI is InChI=1S/C12H14F3NO.C2H6/c1-6-7(2)16-10-5-8(12(13,14)15)3-4-9(10)11(6)17;1-2/h8H,3-5H2,1-2H3,(H,16,17);1-2H3. The summed E-state index contributed by atoms with van der Waals surface area (Å²) in [5.74, 6) is -1.33. The molecule has 2 rings (SSSR count). The number of aryl methyl sites for hydroxylation is 1. The van der Waals surface area contributed by atoms with Crippen molar-refractivity contribution < 1.29 is 13.2 Å². The Hall–Kier alpha value is -1.26. The molecule has 19 heavy (non-hydrogen) atoms. The summed E-state index contributed by atoms with van der Waals surface area (Å²) in [4.78, 5) is 14.8. The maximum absolute atomic E-state index is 12.6. The van der Waals surface area contributed by atoms with E-state index in [0.717, 1.165) is 0 Å². The molecule has 1 unspecified atom stereocenters. The van der Waals surface area contributed by atoms with E-state index in [1.54, 1.807) is 13.8 Å². The van der Waals surface area contributed by atoms with Crippen LogP contribution in [0.3, 0.4) is 0 Å². The van der Waals surface area contributed by atoms with Gasteiger partial charge in [0.1, 0.15) is 0 Å². The highest BCUT2D eigenvalue weighted by Crippen LogP contribution is 2.35. The Balaban J connectivity index is 0.000000861. The van der Waals surface area contributed by atoms with Gasteiger partial charge in [-0.25, -0.2) is 0 Å². The number of pyridine rings is 1. The molecule has 108 valence electrons. The van der Waals surface area contributed by atoms with E-state index in [1.165, 1.54) is 0 Å². The number of hydrogen-bond acceptors (Lipinski definition) is 1. The number of hydrogen-bond donors (Lipinski definition) is 1. The van der Waals surface area contributed by atoms with Crippen LogP contribution >= 0.6 is 0 Å². The lowest BCUT2D eigenvalue weighted by Gasteiger charge is -2.26. The highest BCUT2D eigenvalue weighted by molar-refractivity contribution is 5.31. The minimum absolute atomic E-state index is 0.0160. The molecule has 5 heteroatoms. The Morgan fingerprint density at radius 2 is 1.79 bits per heavy atom. The first kappa shape index (κ1) is 15.8. The summed E-state index contributed by atoms with van der Waals surface area (Å²) in [6, 6.07) is 0. The Morgan fingerprint density at radius 3 is 2.32 bits per heavy atom. The van der Waals surface area contributed by atoms with Crippen molar-refractivity contribution in [2.45, 2.75) is 53.1 Å². The first-order valence-electron chi connectivity index (χ1n) is 6.58. The van der Waals surface area contributed by atoms with Crippen LogP contribution in [-0.4, -0.2) is 11.2 Å². The molecule has 1 atom stereocenters. The molecule has 0 radical (unpaired) electrons. The molecule has 0 spiro atoms. The molecule has 1 aliphatic carbocycles. The summed E-state index contributed by atoms with van der Waals surface area (Å²) in [5, 5.41) is 0.